The number of halogens is 2. The van der Waals surface area contributed by atoms with Crippen molar-refractivity contribution in [1.82, 2.24) is 0 Å². The van der Waals surface area contributed by atoms with Crippen LogP contribution in [0.15, 0.2) is 23.3 Å². The van der Waals surface area contributed by atoms with Gasteiger partial charge in [-0.2, -0.15) is 0 Å². The molecule has 12 heavy (non-hydrogen) atoms. The highest BCUT2D eigenvalue weighted by molar-refractivity contribution is 5.30. The summed E-state index contributed by atoms with van der Waals surface area (Å²) in [5.74, 6) is -0.645. The second kappa shape index (κ2) is 5.92. The van der Waals surface area contributed by atoms with Crippen LogP contribution in [0.3, 0.4) is 0 Å². The topological polar surface area (TPSA) is 0 Å². The molecule has 0 heterocycles. The predicted molar refractivity (Wildman–Crippen MR) is 48.2 cm³/mol. The third-order valence-electron chi connectivity index (χ3n) is 1.66. The molecule has 0 amide bonds. The molecule has 2 heteroatoms. The van der Waals surface area contributed by atoms with E-state index < -0.39 is 0 Å². The molecule has 0 saturated carbocycles. The molecule has 0 aliphatic heterocycles. The molecule has 0 N–H and O–H groups in total. The Morgan fingerprint density at radius 2 is 1.92 bits per heavy atom. The van der Waals surface area contributed by atoms with Crippen LogP contribution in [-0.2, 0) is 0 Å². The monoisotopic (exact) mass is 174 g/mol. The molecule has 0 saturated heterocycles. The summed E-state index contributed by atoms with van der Waals surface area (Å²) in [5, 5.41) is 0. The van der Waals surface area contributed by atoms with E-state index in [1.54, 1.807) is 6.92 Å². The third-order valence-corrected chi connectivity index (χ3v) is 1.66. The summed E-state index contributed by atoms with van der Waals surface area (Å²) in [7, 11) is 0. The first-order valence-corrected chi connectivity index (χ1v) is 4.49. The molecule has 0 nitrogen and oxygen atoms in total. The standard InChI is InChI=1S/C8H10F2.C2H6/c1-2-6-7(9)4-3-5-8(6)10;1-2/h4H,2-3,5H2,1H3;1-2H3. The summed E-state index contributed by atoms with van der Waals surface area (Å²) in [4.78, 5) is 0. The van der Waals surface area contributed by atoms with Gasteiger partial charge in [-0.15, -0.1) is 0 Å². The summed E-state index contributed by atoms with van der Waals surface area (Å²) in [6.45, 7) is 5.76. The van der Waals surface area contributed by atoms with Crippen molar-refractivity contribution in [2.45, 2.75) is 40.0 Å². The van der Waals surface area contributed by atoms with Crippen molar-refractivity contribution >= 4 is 0 Å². The highest BCUT2D eigenvalue weighted by Crippen LogP contribution is 2.28. The molecule has 0 aromatic carbocycles. The lowest BCUT2D eigenvalue weighted by molar-refractivity contribution is 0.533. The minimum Gasteiger partial charge on any atom is -0.211 e. The Bertz CT molecular complexity index is 190. The van der Waals surface area contributed by atoms with Gasteiger partial charge in [0.25, 0.3) is 0 Å². The summed E-state index contributed by atoms with van der Waals surface area (Å²) in [5.41, 5.74) is 0.256. The molecule has 0 unspecified atom stereocenters. The second-order valence-electron chi connectivity index (χ2n) is 2.33. The smallest absolute Gasteiger partial charge is 0.125 e. The molecule has 0 radical (unpaired) electrons. The zero-order valence-electron chi connectivity index (χ0n) is 7.95. The van der Waals surface area contributed by atoms with Crippen LogP contribution in [0.25, 0.3) is 0 Å². The average Bonchev–Trinajstić information content (AvgIpc) is 2.08. The Morgan fingerprint density at radius 3 is 2.25 bits per heavy atom. The molecule has 0 atom stereocenters. The van der Waals surface area contributed by atoms with Gasteiger partial charge in [-0.05, 0) is 18.9 Å². The van der Waals surface area contributed by atoms with Crippen molar-refractivity contribution in [2.75, 3.05) is 0 Å². The van der Waals surface area contributed by atoms with Gasteiger partial charge in [0.15, 0.2) is 0 Å². The number of allylic oxidation sites excluding steroid dienone is 4. The van der Waals surface area contributed by atoms with Gasteiger partial charge in [-0.25, -0.2) is 8.78 Å². The molecule has 1 aliphatic carbocycles. The lowest BCUT2D eigenvalue weighted by Gasteiger charge is -2.08. The minimum atomic E-state index is -0.369. The van der Waals surface area contributed by atoms with Crippen molar-refractivity contribution in [3.05, 3.63) is 23.3 Å². The first kappa shape index (κ1) is 11.3. The van der Waals surface area contributed by atoms with Gasteiger partial charge >= 0.3 is 0 Å². The van der Waals surface area contributed by atoms with Crippen molar-refractivity contribution < 1.29 is 8.78 Å². The average molecular weight is 174 g/mol. The fourth-order valence-electron chi connectivity index (χ4n) is 1.09. The highest BCUT2D eigenvalue weighted by Gasteiger charge is 2.13. The SMILES string of the molecule is CC.CCC1=C(F)CCC=C1F. The molecule has 0 bridgehead atoms. The summed E-state index contributed by atoms with van der Waals surface area (Å²) < 4.78 is 25.4. The van der Waals surface area contributed by atoms with Crippen molar-refractivity contribution in [1.29, 1.82) is 0 Å². The molecular weight excluding hydrogens is 158 g/mol. The van der Waals surface area contributed by atoms with Gasteiger partial charge in [-0.1, -0.05) is 20.8 Å². The summed E-state index contributed by atoms with van der Waals surface area (Å²) in [6.07, 6.45) is 2.77. The van der Waals surface area contributed by atoms with Crippen LogP contribution in [0.2, 0.25) is 0 Å². The largest absolute Gasteiger partial charge is 0.211 e. The van der Waals surface area contributed by atoms with E-state index in [-0.39, 0.29) is 17.2 Å². The predicted octanol–water partition coefficient (Wildman–Crippen LogP) is 4.29. The van der Waals surface area contributed by atoms with Crippen LogP contribution in [0.5, 0.6) is 0 Å². The lowest BCUT2D eigenvalue weighted by Crippen LogP contribution is -1.93. The van der Waals surface area contributed by atoms with Gasteiger partial charge in [0, 0.05) is 12.0 Å². The number of hydrogen-bond acceptors (Lipinski definition) is 0. The Balaban J connectivity index is 0.000000561. The van der Waals surface area contributed by atoms with E-state index in [4.69, 9.17) is 0 Å². The Hall–Kier alpha value is -0.660. The van der Waals surface area contributed by atoms with E-state index in [1.165, 1.54) is 6.08 Å². The summed E-state index contributed by atoms with van der Waals surface area (Å²) >= 11 is 0. The molecule has 0 aromatic rings. The highest BCUT2D eigenvalue weighted by atomic mass is 19.1. The second-order valence-corrected chi connectivity index (χ2v) is 2.33. The molecule has 70 valence electrons. The first-order valence-electron chi connectivity index (χ1n) is 4.49. The molecule has 0 aromatic heterocycles. The van der Waals surface area contributed by atoms with Crippen LogP contribution in [0.4, 0.5) is 8.78 Å². The van der Waals surface area contributed by atoms with Crippen LogP contribution >= 0.6 is 0 Å². The normalized spacial score (nSPS) is 16.6. The van der Waals surface area contributed by atoms with Gasteiger partial charge in [0.1, 0.15) is 11.7 Å². The zero-order valence-corrected chi connectivity index (χ0v) is 7.95. The Morgan fingerprint density at radius 1 is 1.33 bits per heavy atom. The van der Waals surface area contributed by atoms with Gasteiger partial charge in [-0.3, -0.25) is 0 Å². The van der Waals surface area contributed by atoms with Crippen LogP contribution in [-0.4, -0.2) is 0 Å². The van der Waals surface area contributed by atoms with E-state index >= 15 is 0 Å². The van der Waals surface area contributed by atoms with Gasteiger partial charge in [0.2, 0.25) is 0 Å². The van der Waals surface area contributed by atoms with Gasteiger partial charge in [0.05, 0.1) is 0 Å². The third kappa shape index (κ3) is 2.76. The zero-order chi connectivity index (χ0) is 9.56. The van der Waals surface area contributed by atoms with E-state index in [0.717, 1.165) is 0 Å². The fourth-order valence-corrected chi connectivity index (χ4v) is 1.09. The minimum absolute atomic E-state index is 0.256. The number of hydrogen-bond donors (Lipinski definition) is 0. The first-order chi connectivity index (χ1) is 5.75. The maximum Gasteiger partial charge on any atom is 0.125 e. The lowest BCUT2D eigenvalue weighted by atomic mass is 10.0. The molecule has 1 aliphatic rings. The number of rotatable bonds is 1. The maximum absolute atomic E-state index is 12.7. The maximum atomic E-state index is 12.7. The summed E-state index contributed by atoms with van der Waals surface area (Å²) in [6, 6.07) is 0. The van der Waals surface area contributed by atoms with E-state index in [2.05, 4.69) is 0 Å². The fraction of sp³-hybridized carbons (Fsp3) is 0.600. The molecule has 1 rings (SSSR count). The Kier molecular flexibility index (Phi) is 5.60. The van der Waals surface area contributed by atoms with E-state index in [9.17, 15) is 8.78 Å². The molecular formula is C10H16F2. The van der Waals surface area contributed by atoms with Gasteiger partial charge < -0.3 is 0 Å². The van der Waals surface area contributed by atoms with Crippen molar-refractivity contribution in [2.24, 2.45) is 0 Å². The van der Waals surface area contributed by atoms with Crippen molar-refractivity contribution in [3.8, 4) is 0 Å². The quantitative estimate of drug-likeness (QED) is 0.556. The van der Waals surface area contributed by atoms with Crippen LogP contribution < -0.4 is 0 Å². The van der Waals surface area contributed by atoms with Crippen molar-refractivity contribution in [3.63, 3.8) is 0 Å². The molecule has 0 fully saturated rings. The van der Waals surface area contributed by atoms with Crippen LogP contribution in [0, 0.1) is 0 Å². The Labute approximate surface area is 73.0 Å². The van der Waals surface area contributed by atoms with Crippen LogP contribution in [0.1, 0.15) is 40.0 Å². The van der Waals surface area contributed by atoms with E-state index in [0.29, 0.717) is 19.3 Å². The molecule has 0 spiro atoms. The van der Waals surface area contributed by atoms with E-state index in [1.807, 2.05) is 13.8 Å².